The van der Waals surface area contributed by atoms with Gasteiger partial charge in [-0.1, -0.05) is 31.7 Å². The van der Waals surface area contributed by atoms with Gasteiger partial charge in [0, 0.05) is 42.8 Å². The minimum absolute atomic E-state index is 0.931. The fourth-order valence-corrected chi connectivity index (χ4v) is 3.82. The summed E-state index contributed by atoms with van der Waals surface area (Å²) in [7, 11) is 2.20. The summed E-state index contributed by atoms with van der Waals surface area (Å²) in [6.07, 6.45) is 3.52. The van der Waals surface area contributed by atoms with Crippen molar-refractivity contribution in [1.82, 2.24) is 0 Å². The molecular weight excluding hydrogens is 280 g/mol. The van der Waals surface area contributed by atoms with Crippen molar-refractivity contribution >= 4 is 17.1 Å². The molecule has 0 aliphatic carbocycles. The molecule has 0 aromatic heterocycles. The molecular formula is C21H24N2. The maximum Gasteiger partial charge on any atom is 0.0488 e. The van der Waals surface area contributed by atoms with E-state index in [1.54, 1.807) is 0 Å². The zero-order valence-corrected chi connectivity index (χ0v) is 14.1. The number of hydrogen-bond donors (Lipinski definition) is 0. The maximum absolute atomic E-state index is 4.37. The number of benzene rings is 2. The van der Waals surface area contributed by atoms with Gasteiger partial charge in [0.1, 0.15) is 0 Å². The molecule has 0 atom stereocenters. The van der Waals surface area contributed by atoms with Gasteiger partial charge < -0.3 is 9.80 Å². The highest BCUT2D eigenvalue weighted by molar-refractivity contribution is 5.85. The van der Waals surface area contributed by atoms with Gasteiger partial charge in [0.25, 0.3) is 0 Å². The second-order valence-electron chi connectivity index (χ2n) is 6.72. The molecule has 0 fully saturated rings. The maximum atomic E-state index is 4.37. The molecule has 2 heterocycles. The van der Waals surface area contributed by atoms with Crippen LogP contribution in [0.25, 0.3) is 5.70 Å². The number of anilines is 2. The topological polar surface area (TPSA) is 6.48 Å². The van der Waals surface area contributed by atoms with Crippen molar-refractivity contribution in [1.29, 1.82) is 0 Å². The summed E-state index contributed by atoms with van der Waals surface area (Å²) < 4.78 is 0. The summed E-state index contributed by atoms with van der Waals surface area (Å²) in [5.74, 6) is 0. The van der Waals surface area contributed by atoms with Gasteiger partial charge in [-0.15, -0.1) is 0 Å². The van der Waals surface area contributed by atoms with Gasteiger partial charge in [-0.05, 0) is 54.2 Å². The van der Waals surface area contributed by atoms with Crippen LogP contribution in [0.2, 0.25) is 0 Å². The van der Waals surface area contributed by atoms with E-state index in [-0.39, 0.29) is 0 Å². The Bertz CT molecular complexity index is 775. The van der Waals surface area contributed by atoms with Gasteiger partial charge in [0.05, 0.1) is 0 Å². The summed E-state index contributed by atoms with van der Waals surface area (Å²) in [6.45, 7) is 8.66. The van der Waals surface area contributed by atoms with Gasteiger partial charge in [0.15, 0.2) is 0 Å². The predicted octanol–water partition coefficient (Wildman–Crippen LogP) is 4.62. The first-order valence-electron chi connectivity index (χ1n) is 8.60. The minimum Gasteiger partial charge on any atom is -0.374 e. The molecule has 2 aromatic rings. The van der Waals surface area contributed by atoms with Gasteiger partial charge in [-0.25, -0.2) is 0 Å². The number of hydrogen-bond acceptors (Lipinski definition) is 2. The van der Waals surface area contributed by atoms with Crippen LogP contribution in [0.5, 0.6) is 0 Å². The summed E-state index contributed by atoms with van der Waals surface area (Å²) >= 11 is 0. The van der Waals surface area contributed by atoms with Crippen LogP contribution in [0.4, 0.5) is 11.4 Å². The highest BCUT2D eigenvalue weighted by Gasteiger charge is 2.25. The molecule has 0 radical (unpaired) electrons. The van der Waals surface area contributed by atoms with E-state index in [1.165, 1.54) is 46.5 Å². The lowest BCUT2D eigenvalue weighted by Gasteiger charge is -2.29. The van der Waals surface area contributed by atoms with Crippen molar-refractivity contribution in [2.45, 2.75) is 32.7 Å². The van der Waals surface area contributed by atoms with E-state index in [0.29, 0.717) is 0 Å². The average Bonchev–Trinajstić information content (AvgIpc) is 2.91. The van der Waals surface area contributed by atoms with Crippen LogP contribution < -0.4 is 9.80 Å². The van der Waals surface area contributed by atoms with Crippen LogP contribution in [0.15, 0.2) is 43.0 Å². The Kier molecular flexibility index (Phi) is 3.41. The van der Waals surface area contributed by atoms with Gasteiger partial charge in [-0.2, -0.15) is 0 Å². The standard InChI is InChI=1S/C21H24N2/c1-4-16-7-8-18-14-23(15(2)20(18)12-16)19-10-9-17-6-5-11-22(3)21(17)13-19/h7-10,12-13H,2,4-6,11,14H2,1,3H3. The number of fused-ring (bicyclic) bond motifs is 2. The Morgan fingerprint density at radius 2 is 1.91 bits per heavy atom. The van der Waals surface area contributed by atoms with Gasteiger partial charge >= 0.3 is 0 Å². The molecule has 23 heavy (non-hydrogen) atoms. The lowest BCUT2D eigenvalue weighted by molar-refractivity contribution is 0.744. The Morgan fingerprint density at radius 3 is 2.74 bits per heavy atom. The molecule has 2 heteroatoms. The van der Waals surface area contributed by atoms with Crippen molar-refractivity contribution < 1.29 is 0 Å². The Labute approximate surface area is 139 Å². The van der Waals surface area contributed by atoms with E-state index in [1.807, 2.05) is 0 Å². The summed E-state index contributed by atoms with van der Waals surface area (Å²) in [5, 5.41) is 0. The molecule has 2 aliphatic rings. The van der Waals surface area contributed by atoms with Crippen LogP contribution in [0.3, 0.4) is 0 Å². The largest absolute Gasteiger partial charge is 0.374 e. The molecule has 0 saturated heterocycles. The zero-order valence-electron chi connectivity index (χ0n) is 14.1. The van der Waals surface area contributed by atoms with Crippen LogP contribution in [0, 0.1) is 0 Å². The van der Waals surface area contributed by atoms with Gasteiger partial charge in [-0.3, -0.25) is 0 Å². The zero-order chi connectivity index (χ0) is 16.0. The van der Waals surface area contributed by atoms with E-state index in [2.05, 4.69) is 66.7 Å². The van der Waals surface area contributed by atoms with E-state index in [9.17, 15) is 0 Å². The van der Waals surface area contributed by atoms with Crippen LogP contribution in [-0.2, 0) is 19.4 Å². The van der Waals surface area contributed by atoms with Crippen molar-refractivity contribution in [2.24, 2.45) is 0 Å². The quantitative estimate of drug-likeness (QED) is 0.798. The molecule has 2 nitrogen and oxygen atoms in total. The third kappa shape index (κ3) is 2.33. The second-order valence-corrected chi connectivity index (χ2v) is 6.72. The Balaban J connectivity index is 1.70. The van der Waals surface area contributed by atoms with Crippen LogP contribution >= 0.6 is 0 Å². The molecule has 0 spiro atoms. The smallest absolute Gasteiger partial charge is 0.0488 e. The van der Waals surface area contributed by atoms with E-state index in [0.717, 1.165) is 25.2 Å². The normalized spacial score (nSPS) is 16.5. The third-order valence-corrected chi connectivity index (χ3v) is 5.28. The highest BCUT2D eigenvalue weighted by atomic mass is 15.2. The van der Waals surface area contributed by atoms with Gasteiger partial charge in [0.2, 0.25) is 0 Å². The van der Waals surface area contributed by atoms with Crippen molar-refractivity contribution in [3.05, 3.63) is 65.2 Å². The monoisotopic (exact) mass is 304 g/mol. The number of nitrogens with zero attached hydrogens (tertiary/aromatic N) is 2. The first-order chi connectivity index (χ1) is 11.2. The summed E-state index contributed by atoms with van der Waals surface area (Å²) in [6, 6.07) is 13.7. The first-order valence-corrected chi connectivity index (χ1v) is 8.60. The molecule has 118 valence electrons. The average molecular weight is 304 g/mol. The summed E-state index contributed by atoms with van der Waals surface area (Å²) in [4.78, 5) is 4.73. The van der Waals surface area contributed by atoms with E-state index >= 15 is 0 Å². The number of aryl methyl sites for hydroxylation is 2. The molecule has 2 aliphatic heterocycles. The van der Waals surface area contributed by atoms with E-state index < -0.39 is 0 Å². The third-order valence-electron chi connectivity index (χ3n) is 5.28. The molecule has 2 aromatic carbocycles. The second kappa shape index (κ2) is 5.45. The SMILES string of the molecule is C=C1c2cc(CC)ccc2CN1c1ccc2c(c1)N(C)CCC2. The van der Waals surface area contributed by atoms with Crippen molar-refractivity contribution in [2.75, 3.05) is 23.4 Å². The molecule has 0 amide bonds. The lowest BCUT2D eigenvalue weighted by atomic mass is 10.0. The predicted molar refractivity (Wildman–Crippen MR) is 99.1 cm³/mol. The molecule has 0 saturated carbocycles. The minimum atomic E-state index is 0.931. The lowest BCUT2D eigenvalue weighted by Crippen LogP contribution is -2.25. The highest BCUT2D eigenvalue weighted by Crippen LogP contribution is 2.39. The molecule has 0 N–H and O–H groups in total. The molecule has 0 unspecified atom stereocenters. The van der Waals surface area contributed by atoms with E-state index in [4.69, 9.17) is 0 Å². The Hall–Kier alpha value is -2.22. The fourth-order valence-electron chi connectivity index (χ4n) is 3.82. The number of rotatable bonds is 2. The fraction of sp³-hybridized carbons (Fsp3) is 0.333. The summed E-state index contributed by atoms with van der Waals surface area (Å²) in [5.41, 5.74) is 9.33. The van der Waals surface area contributed by atoms with Crippen LogP contribution in [0.1, 0.15) is 35.6 Å². The molecule has 4 rings (SSSR count). The van der Waals surface area contributed by atoms with Crippen molar-refractivity contribution in [3.8, 4) is 0 Å². The Morgan fingerprint density at radius 1 is 1.09 bits per heavy atom. The van der Waals surface area contributed by atoms with Crippen LogP contribution in [-0.4, -0.2) is 13.6 Å². The first kappa shape index (κ1) is 14.4. The van der Waals surface area contributed by atoms with Crippen molar-refractivity contribution in [3.63, 3.8) is 0 Å². The molecule has 0 bridgehead atoms.